The molecular weight excluding hydrogens is 207 g/mol. The van der Waals surface area contributed by atoms with Gasteiger partial charge in [-0.05, 0) is 23.8 Å². The predicted octanol–water partition coefficient (Wildman–Crippen LogP) is 0.946. The van der Waals surface area contributed by atoms with Gasteiger partial charge in [0.1, 0.15) is 5.82 Å². The van der Waals surface area contributed by atoms with Crippen LogP contribution in [0.25, 0.3) is 6.08 Å². The molecule has 0 bridgehead atoms. The van der Waals surface area contributed by atoms with Crippen LogP contribution in [0.4, 0.5) is 4.39 Å². The highest BCUT2D eigenvalue weighted by Gasteiger charge is 2.29. The first-order valence-corrected chi connectivity index (χ1v) is 5.40. The zero-order chi connectivity index (χ0) is 10.3. The van der Waals surface area contributed by atoms with E-state index in [-0.39, 0.29) is 9.80 Å². The molecule has 0 amide bonds. The number of rotatable bonds is 1. The van der Waals surface area contributed by atoms with Crippen molar-refractivity contribution in [3.63, 3.8) is 0 Å². The van der Waals surface area contributed by atoms with Crippen molar-refractivity contribution in [1.82, 2.24) is 0 Å². The molecule has 0 saturated heterocycles. The van der Waals surface area contributed by atoms with E-state index < -0.39 is 22.3 Å². The lowest BCUT2D eigenvalue weighted by atomic mass is 10.2. The summed E-state index contributed by atoms with van der Waals surface area (Å²) in [7, 11) is -3.65. The molecule has 2 rings (SSSR count). The van der Waals surface area contributed by atoms with Crippen molar-refractivity contribution < 1.29 is 17.9 Å². The van der Waals surface area contributed by atoms with Crippen molar-refractivity contribution in [3.05, 3.63) is 34.5 Å². The normalized spacial score (nSPS) is 17.7. The zero-order valence-electron chi connectivity index (χ0n) is 7.07. The van der Waals surface area contributed by atoms with Crippen LogP contribution in [0.15, 0.2) is 28.0 Å². The quantitative estimate of drug-likeness (QED) is 0.757. The fourth-order valence-electron chi connectivity index (χ4n) is 1.38. The third-order valence-corrected chi connectivity index (χ3v) is 3.95. The average Bonchev–Trinajstić information content (AvgIpc) is 2.38. The highest BCUT2D eigenvalue weighted by molar-refractivity contribution is 7.95. The van der Waals surface area contributed by atoms with Gasteiger partial charge in [0.05, 0.1) is 16.4 Å². The van der Waals surface area contributed by atoms with E-state index in [9.17, 15) is 12.8 Å². The van der Waals surface area contributed by atoms with Gasteiger partial charge in [-0.15, -0.1) is 0 Å². The van der Waals surface area contributed by atoms with Crippen molar-refractivity contribution in [2.45, 2.75) is 4.90 Å². The molecule has 1 aliphatic rings. The van der Waals surface area contributed by atoms with Gasteiger partial charge in [-0.25, -0.2) is 12.8 Å². The number of aliphatic hydroxyl groups is 1. The molecule has 0 atom stereocenters. The molecule has 0 spiro atoms. The van der Waals surface area contributed by atoms with E-state index >= 15 is 0 Å². The third-order valence-electron chi connectivity index (χ3n) is 2.08. The number of hydrogen-bond donors (Lipinski definition) is 1. The molecule has 1 aromatic rings. The van der Waals surface area contributed by atoms with Gasteiger partial charge < -0.3 is 5.11 Å². The molecule has 0 radical (unpaired) electrons. The first-order valence-electron chi connectivity index (χ1n) is 3.92. The van der Waals surface area contributed by atoms with Gasteiger partial charge in [0.25, 0.3) is 0 Å². The van der Waals surface area contributed by atoms with Gasteiger partial charge in [-0.3, -0.25) is 0 Å². The fourth-order valence-corrected chi connectivity index (χ4v) is 2.82. The second-order valence-corrected chi connectivity index (χ2v) is 4.93. The Labute approximate surface area is 80.4 Å². The van der Waals surface area contributed by atoms with Crippen LogP contribution in [0, 0.1) is 5.82 Å². The van der Waals surface area contributed by atoms with Crippen molar-refractivity contribution in [2.24, 2.45) is 0 Å². The summed E-state index contributed by atoms with van der Waals surface area (Å²) in [4.78, 5) is -0.153. The Bertz CT molecular complexity index is 517. The predicted molar refractivity (Wildman–Crippen MR) is 48.6 cm³/mol. The second-order valence-electron chi connectivity index (χ2n) is 2.95. The number of halogens is 1. The molecule has 0 aromatic heterocycles. The van der Waals surface area contributed by atoms with Gasteiger partial charge in [-0.1, -0.05) is 6.07 Å². The molecule has 0 saturated carbocycles. The Morgan fingerprint density at radius 1 is 1.36 bits per heavy atom. The summed E-state index contributed by atoms with van der Waals surface area (Å²) < 4.78 is 35.9. The average molecular weight is 214 g/mol. The first-order chi connectivity index (χ1) is 6.55. The maximum atomic E-state index is 12.8. The zero-order valence-corrected chi connectivity index (χ0v) is 7.88. The minimum atomic E-state index is -3.65. The number of sulfone groups is 1. The summed E-state index contributed by atoms with van der Waals surface area (Å²) in [5.41, 5.74) is 0.426. The summed E-state index contributed by atoms with van der Waals surface area (Å²) in [6.45, 7) is -0.557. The van der Waals surface area contributed by atoms with E-state index in [0.717, 1.165) is 6.07 Å². The van der Waals surface area contributed by atoms with Crippen molar-refractivity contribution in [1.29, 1.82) is 0 Å². The monoisotopic (exact) mass is 214 g/mol. The first kappa shape index (κ1) is 9.36. The van der Waals surface area contributed by atoms with Crippen LogP contribution in [0.3, 0.4) is 0 Å². The molecular formula is C9H7FO3S. The van der Waals surface area contributed by atoms with E-state index in [4.69, 9.17) is 5.11 Å². The molecule has 0 fully saturated rings. The fraction of sp³-hybridized carbons (Fsp3) is 0.111. The second kappa shape index (κ2) is 2.90. The minimum absolute atomic E-state index is 0.0680. The highest BCUT2D eigenvalue weighted by atomic mass is 32.2. The maximum absolute atomic E-state index is 12.8. The van der Waals surface area contributed by atoms with E-state index in [0.29, 0.717) is 5.56 Å². The lowest BCUT2D eigenvalue weighted by Gasteiger charge is -1.99. The summed E-state index contributed by atoms with van der Waals surface area (Å²) in [6, 6.07) is 3.53. The SMILES string of the molecule is O=S1(=O)C(CO)=Cc2ccc(F)cc21. The molecule has 1 aliphatic heterocycles. The third kappa shape index (κ3) is 1.17. The van der Waals surface area contributed by atoms with Crippen LogP contribution in [-0.2, 0) is 9.84 Å². The van der Waals surface area contributed by atoms with Crippen molar-refractivity contribution in [3.8, 4) is 0 Å². The molecule has 14 heavy (non-hydrogen) atoms. The van der Waals surface area contributed by atoms with E-state index in [1.807, 2.05) is 0 Å². The van der Waals surface area contributed by atoms with Crippen LogP contribution in [-0.4, -0.2) is 20.1 Å². The molecule has 3 nitrogen and oxygen atoms in total. The molecule has 5 heteroatoms. The standard InChI is InChI=1S/C9H7FO3S/c10-7-2-1-6-3-8(5-11)14(12,13)9(6)4-7/h1-4,11H,5H2. The van der Waals surface area contributed by atoms with Crippen molar-refractivity contribution >= 4 is 15.9 Å². The van der Waals surface area contributed by atoms with Crippen molar-refractivity contribution in [2.75, 3.05) is 6.61 Å². The lowest BCUT2D eigenvalue weighted by molar-refractivity contribution is 0.339. The summed E-state index contributed by atoms with van der Waals surface area (Å²) in [6.07, 6.45) is 1.35. The van der Waals surface area contributed by atoms with Crippen LogP contribution in [0.1, 0.15) is 5.56 Å². The summed E-state index contributed by atoms with van der Waals surface area (Å²) in [5, 5.41) is 8.80. The van der Waals surface area contributed by atoms with Gasteiger partial charge in [0.15, 0.2) is 0 Å². The smallest absolute Gasteiger partial charge is 0.205 e. The molecule has 1 N–H and O–H groups in total. The number of aliphatic hydroxyl groups excluding tert-OH is 1. The Balaban J connectivity index is 2.71. The Hall–Kier alpha value is -1.20. The number of hydrogen-bond acceptors (Lipinski definition) is 3. The van der Waals surface area contributed by atoms with Gasteiger partial charge >= 0.3 is 0 Å². The molecule has 1 heterocycles. The number of fused-ring (bicyclic) bond motifs is 1. The van der Waals surface area contributed by atoms with E-state index in [1.165, 1.54) is 18.2 Å². The van der Waals surface area contributed by atoms with Crippen LogP contribution >= 0.6 is 0 Å². The maximum Gasteiger partial charge on any atom is 0.205 e. The van der Waals surface area contributed by atoms with E-state index in [2.05, 4.69) is 0 Å². The van der Waals surface area contributed by atoms with Crippen LogP contribution in [0.2, 0.25) is 0 Å². The lowest BCUT2D eigenvalue weighted by Crippen LogP contribution is -2.03. The molecule has 1 aromatic carbocycles. The molecule has 74 valence electrons. The molecule has 0 unspecified atom stereocenters. The largest absolute Gasteiger partial charge is 0.391 e. The Morgan fingerprint density at radius 2 is 2.07 bits per heavy atom. The van der Waals surface area contributed by atoms with Gasteiger partial charge in [0.2, 0.25) is 9.84 Å². The minimum Gasteiger partial charge on any atom is -0.391 e. The van der Waals surface area contributed by atoms with Gasteiger partial charge in [0, 0.05) is 0 Å². The Morgan fingerprint density at radius 3 is 2.71 bits per heavy atom. The number of benzene rings is 1. The summed E-state index contributed by atoms with van der Waals surface area (Å²) >= 11 is 0. The van der Waals surface area contributed by atoms with Crippen LogP contribution < -0.4 is 0 Å². The topological polar surface area (TPSA) is 54.4 Å². The molecule has 0 aliphatic carbocycles. The Kier molecular flexibility index (Phi) is 1.94. The van der Waals surface area contributed by atoms with Gasteiger partial charge in [-0.2, -0.15) is 0 Å². The van der Waals surface area contributed by atoms with Crippen LogP contribution in [0.5, 0.6) is 0 Å². The van der Waals surface area contributed by atoms with E-state index in [1.54, 1.807) is 0 Å². The highest BCUT2D eigenvalue weighted by Crippen LogP contribution is 2.32. The summed E-state index contributed by atoms with van der Waals surface area (Å²) in [5.74, 6) is -0.597.